The Bertz CT molecular complexity index is 1000. The molecule has 0 aromatic carbocycles. The molecule has 4 saturated carbocycles. The van der Waals surface area contributed by atoms with Crippen LogP contribution in [0.5, 0.6) is 0 Å². The summed E-state index contributed by atoms with van der Waals surface area (Å²) in [6.45, 7) is 11.6. The molecule has 232 valence electrons. The molecule has 0 saturated heterocycles. The fourth-order valence-corrected chi connectivity index (χ4v) is 11.2. The standard InChI is InChI=1S/C32H58N2O5S/c1-21(10-15-27(35)34-20-8-17-30(2,3)28(36)29(33)40(37,38)39)24-13-14-25-23-12-11-22-9-6-7-18-31(22,4)26(23)16-19-32(24,25)5/h21-26,28-29,36H,6-20,33H2,1-5H3,(H,34,35)(H,37,38,39)/t21-,22?,23+,24-,25+,26+,28?,29?,31+,32-/m1/s1. The largest absolute Gasteiger partial charge is 0.743 e. The fraction of sp³-hybridized carbons (Fsp3) is 0.969. The van der Waals surface area contributed by atoms with Crippen molar-refractivity contribution >= 4 is 16.0 Å². The second kappa shape index (κ2) is 12.1. The molecule has 0 heterocycles. The molecular formula is C32H58N2O5S. The van der Waals surface area contributed by atoms with Gasteiger partial charge in [0.1, 0.15) is 6.10 Å². The minimum absolute atomic E-state index is 0.0642. The Morgan fingerprint density at radius 1 is 1.05 bits per heavy atom. The minimum atomic E-state index is -4.66. The molecule has 3 unspecified atom stereocenters. The summed E-state index contributed by atoms with van der Waals surface area (Å²) >= 11 is 0. The summed E-state index contributed by atoms with van der Waals surface area (Å²) in [5.74, 6) is 4.98. The van der Waals surface area contributed by atoms with Gasteiger partial charge in [0.2, 0.25) is 11.3 Å². The van der Waals surface area contributed by atoms with Gasteiger partial charge in [0.25, 0.3) is 0 Å². The number of aliphatic hydroxyl groups excluding tert-OH is 1. The minimum Gasteiger partial charge on any atom is -0.743 e. The highest BCUT2D eigenvalue weighted by Crippen LogP contribution is 2.68. The normalized spacial score (nSPS) is 38.5. The maximum absolute atomic E-state index is 12.7. The van der Waals surface area contributed by atoms with Gasteiger partial charge in [-0.25, -0.2) is 8.42 Å². The molecule has 10 atom stereocenters. The van der Waals surface area contributed by atoms with Gasteiger partial charge in [-0.15, -0.1) is 0 Å². The Kier molecular flexibility index (Phi) is 9.76. The van der Waals surface area contributed by atoms with Gasteiger partial charge in [0.15, 0.2) is 10.1 Å². The summed E-state index contributed by atoms with van der Waals surface area (Å²) in [6.07, 6.45) is 15.4. The van der Waals surface area contributed by atoms with Gasteiger partial charge in [-0.3, -0.25) is 4.79 Å². The first-order valence-electron chi connectivity index (χ1n) is 16.3. The Morgan fingerprint density at radius 2 is 1.75 bits per heavy atom. The molecule has 4 fully saturated rings. The lowest BCUT2D eigenvalue weighted by Gasteiger charge is -2.61. The van der Waals surface area contributed by atoms with Crippen LogP contribution in [-0.2, 0) is 14.9 Å². The molecule has 0 aromatic rings. The number of nitrogens with one attached hydrogen (secondary N) is 1. The van der Waals surface area contributed by atoms with Crippen LogP contribution in [0.15, 0.2) is 0 Å². The van der Waals surface area contributed by atoms with Crippen molar-refractivity contribution in [2.24, 2.45) is 51.8 Å². The fourth-order valence-electron chi connectivity index (χ4n) is 10.5. The van der Waals surface area contributed by atoms with Crippen LogP contribution in [0.1, 0.15) is 125 Å². The lowest BCUT2D eigenvalue weighted by atomic mass is 9.44. The molecule has 0 bridgehead atoms. The number of fused-ring (bicyclic) bond motifs is 5. The van der Waals surface area contributed by atoms with Crippen LogP contribution in [0.3, 0.4) is 0 Å². The monoisotopic (exact) mass is 582 g/mol. The van der Waals surface area contributed by atoms with Crippen molar-refractivity contribution in [2.45, 2.75) is 136 Å². The van der Waals surface area contributed by atoms with E-state index in [0.717, 1.165) is 30.1 Å². The van der Waals surface area contributed by atoms with Crippen LogP contribution in [0.4, 0.5) is 0 Å². The number of amides is 1. The van der Waals surface area contributed by atoms with Crippen molar-refractivity contribution < 1.29 is 28.6 Å². The molecule has 8 heteroatoms. The van der Waals surface area contributed by atoms with Gasteiger partial charge in [0.05, 0.1) is 0 Å². The number of carbonyl (C=O) groups is 1. The smallest absolute Gasteiger partial charge is 0.220 e. The molecule has 0 radical (unpaired) electrons. The SMILES string of the molecule is C[C@H](CCC(=O)NCCCC(C)(C)C(O)C([NH3+])S(=O)(=O)[O-])[C@H]1CC[C@H]2[C@@H]3CCC4CCCC[C@]4(C)[C@H]3CC[C@]12C. The summed E-state index contributed by atoms with van der Waals surface area (Å²) in [4.78, 5) is 12.7. The van der Waals surface area contributed by atoms with E-state index in [1.165, 1.54) is 64.2 Å². The molecule has 4 aliphatic rings. The summed E-state index contributed by atoms with van der Waals surface area (Å²) in [7, 11) is -4.66. The molecule has 4 aliphatic carbocycles. The maximum atomic E-state index is 12.7. The van der Waals surface area contributed by atoms with E-state index in [1.807, 2.05) is 0 Å². The molecular weight excluding hydrogens is 524 g/mol. The number of rotatable bonds is 11. The van der Waals surface area contributed by atoms with E-state index in [1.54, 1.807) is 13.8 Å². The number of aliphatic hydroxyl groups is 1. The molecule has 0 aromatic heterocycles. The molecule has 0 spiro atoms. The van der Waals surface area contributed by atoms with Crippen LogP contribution >= 0.6 is 0 Å². The summed E-state index contributed by atoms with van der Waals surface area (Å²) in [6, 6.07) is 0. The van der Waals surface area contributed by atoms with Gasteiger partial charge in [-0.1, -0.05) is 47.5 Å². The van der Waals surface area contributed by atoms with Gasteiger partial charge < -0.3 is 20.7 Å². The molecule has 1 amide bonds. The molecule has 40 heavy (non-hydrogen) atoms. The van der Waals surface area contributed by atoms with E-state index in [2.05, 4.69) is 31.8 Å². The second-order valence-corrected chi connectivity index (χ2v) is 17.2. The van der Waals surface area contributed by atoms with E-state index < -0.39 is 27.0 Å². The van der Waals surface area contributed by atoms with E-state index >= 15 is 0 Å². The topological polar surface area (TPSA) is 134 Å². The number of hydrogen-bond acceptors (Lipinski definition) is 5. The third-order valence-corrected chi connectivity index (χ3v) is 14.0. The van der Waals surface area contributed by atoms with Crippen molar-refractivity contribution in [2.75, 3.05) is 6.54 Å². The number of quaternary nitrogens is 1. The number of carbonyl (C=O) groups excluding carboxylic acids is 1. The first kappa shape index (κ1) is 32.2. The van der Waals surface area contributed by atoms with E-state index in [4.69, 9.17) is 0 Å². The zero-order valence-electron chi connectivity index (χ0n) is 25.9. The molecule has 4 rings (SSSR count). The molecule has 7 nitrogen and oxygen atoms in total. The van der Waals surface area contributed by atoms with Crippen LogP contribution in [0.25, 0.3) is 0 Å². The van der Waals surface area contributed by atoms with E-state index in [9.17, 15) is 22.9 Å². The maximum Gasteiger partial charge on any atom is 0.220 e. The van der Waals surface area contributed by atoms with Gasteiger partial charge >= 0.3 is 0 Å². The lowest BCUT2D eigenvalue weighted by molar-refractivity contribution is -0.414. The van der Waals surface area contributed by atoms with Gasteiger partial charge in [-0.2, -0.15) is 0 Å². The summed E-state index contributed by atoms with van der Waals surface area (Å²) < 4.78 is 33.7. The van der Waals surface area contributed by atoms with Crippen LogP contribution in [0, 0.1) is 51.8 Å². The van der Waals surface area contributed by atoms with E-state index in [-0.39, 0.29) is 5.91 Å². The zero-order valence-corrected chi connectivity index (χ0v) is 26.7. The Balaban J connectivity index is 1.23. The Labute approximate surface area is 244 Å². The van der Waals surface area contributed by atoms with Crippen LogP contribution in [-0.4, -0.2) is 42.0 Å². The second-order valence-electron chi connectivity index (χ2n) is 15.6. The average Bonchev–Trinajstić information content (AvgIpc) is 3.25. The first-order valence-corrected chi connectivity index (χ1v) is 17.8. The van der Waals surface area contributed by atoms with E-state index in [0.29, 0.717) is 48.5 Å². The average molecular weight is 583 g/mol. The number of hydrogen-bond donors (Lipinski definition) is 3. The van der Waals surface area contributed by atoms with Crippen molar-refractivity contribution in [1.82, 2.24) is 5.32 Å². The van der Waals surface area contributed by atoms with Crippen molar-refractivity contribution in [1.29, 1.82) is 0 Å². The third-order valence-electron chi connectivity index (χ3n) is 13.0. The Morgan fingerprint density at radius 3 is 2.45 bits per heavy atom. The quantitative estimate of drug-likeness (QED) is 0.237. The van der Waals surface area contributed by atoms with Crippen LogP contribution in [0.2, 0.25) is 0 Å². The Hall–Kier alpha value is -0.700. The zero-order chi connectivity index (χ0) is 29.5. The lowest BCUT2D eigenvalue weighted by Crippen LogP contribution is -2.72. The van der Waals surface area contributed by atoms with Crippen molar-refractivity contribution in [3.05, 3.63) is 0 Å². The highest BCUT2D eigenvalue weighted by atomic mass is 32.2. The summed E-state index contributed by atoms with van der Waals surface area (Å²) in [5, 5.41) is 11.8. The van der Waals surface area contributed by atoms with Crippen molar-refractivity contribution in [3.63, 3.8) is 0 Å². The molecule has 0 aliphatic heterocycles. The van der Waals surface area contributed by atoms with Crippen molar-refractivity contribution in [3.8, 4) is 0 Å². The highest BCUT2D eigenvalue weighted by molar-refractivity contribution is 7.86. The van der Waals surface area contributed by atoms with Crippen LogP contribution < -0.4 is 11.1 Å². The predicted octanol–water partition coefficient (Wildman–Crippen LogP) is 4.85. The molecule has 5 N–H and O–H groups in total. The van der Waals surface area contributed by atoms with Gasteiger partial charge in [0, 0.05) is 13.0 Å². The highest BCUT2D eigenvalue weighted by Gasteiger charge is 2.60. The van der Waals surface area contributed by atoms with Gasteiger partial charge in [-0.05, 0) is 122 Å². The predicted molar refractivity (Wildman–Crippen MR) is 157 cm³/mol. The first-order chi connectivity index (χ1) is 18.6. The third kappa shape index (κ3) is 6.30. The summed E-state index contributed by atoms with van der Waals surface area (Å²) in [5.41, 5.74) is 3.57.